The van der Waals surface area contributed by atoms with Crippen LogP contribution in [0.5, 0.6) is 0 Å². The molecule has 0 saturated carbocycles. The van der Waals surface area contributed by atoms with Crippen molar-refractivity contribution >= 4 is 22.8 Å². The highest BCUT2D eigenvalue weighted by Crippen LogP contribution is 2.22. The smallest absolute Gasteiger partial charge is 0.156 e. The van der Waals surface area contributed by atoms with Crippen molar-refractivity contribution in [1.82, 2.24) is 4.90 Å². The number of hydrogen-bond donors (Lipinski definition) is 0. The van der Waals surface area contributed by atoms with Crippen molar-refractivity contribution in [2.45, 2.75) is 6.61 Å². The van der Waals surface area contributed by atoms with Crippen LogP contribution in [0.15, 0.2) is 22.0 Å². The van der Waals surface area contributed by atoms with Gasteiger partial charge in [-0.15, -0.1) is 0 Å². The van der Waals surface area contributed by atoms with Crippen molar-refractivity contribution in [2.24, 2.45) is 11.1 Å². The Labute approximate surface area is 97.5 Å². The van der Waals surface area contributed by atoms with E-state index in [1.54, 1.807) is 11.3 Å². The number of nitrogens with zero attached hydrogens (tertiary/aromatic N) is 2. The molecular weight excluding hydrogens is 224 g/mol. The van der Waals surface area contributed by atoms with Gasteiger partial charge in [-0.25, -0.2) is 0 Å². The first-order chi connectivity index (χ1) is 7.83. The van der Waals surface area contributed by atoms with E-state index in [9.17, 15) is 4.79 Å². The Morgan fingerprint density at radius 1 is 1.56 bits per heavy atom. The lowest BCUT2D eigenvalue weighted by atomic mass is 10.0. The summed E-state index contributed by atoms with van der Waals surface area (Å²) in [5, 5.41) is 8.14. The van der Waals surface area contributed by atoms with Gasteiger partial charge in [-0.3, -0.25) is 9.69 Å². The quantitative estimate of drug-likeness (QED) is 0.739. The normalized spacial score (nSPS) is 30.2. The fourth-order valence-electron chi connectivity index (χ4n) is 2.16. The van der Waals surface area contributed by atoms with E-state index in [0.717, 1.165) is 24.4 Å². The number of thiophene rings is 1. The van der Waals surface area contributed by atoms with Crippen LogP contribution in [-0.2, 0) is 16.2 Å². The molecule has 3 heterocycles. The second kappa shape index (κ2) is 3.99. The Balaban J connectivity index is 1.60. The first kappa shape index (κ1) is 9.99. The van der Waals surface area contributed by atoms with Crippen LogP contribution in [0.25, 0.3) is 0 Å². The van der Waals surface area contributed by atoms with Crippen LogP contribution >= 0.6 is 11.3 Å². The summed E-state index contributed by atoms with van der Waals surface area (Å²) in [5.74, 6) is 0.284. The number of fused-ring (bicyclic) bond motifs is 2. The van der Waals surface area contributed by atoms with Crippen molar-refractivity contribution in [2.75, 3.05) is 19.6 Å². The van der Waals surface area contributed by atoms with Gasteiger partial charge in [0.25, 0.3) is 0 Å². The standard InChI is InChI=1S/C11H12N2O2S/c14-11-5-13-3-9(11)10(4-13)12-15-6-8-1-2-16-7-8/h1-2,7,9H,3-6H2. The molecule has 2 aliphatic heterocycles. The molecular formula is C11H12N2O2S. The maximum Gasteiger partial charge on any atom is 0.156 e. The molecule has 2 bridgehead atoms. The minimum Gasteiger partial charge on any atom is -0.391 e. The van der Waals surface area contributed by atoms with Gasteiger partial charge in [0.05, 0.1) is 18.2 Å². The van der Waals surface area contributed by atoms with Gasteiger partial charge >= 0.3 is 0 Å². The van der Waals surface area contributed by atoms with Gasteiger partial charge in [-0.2, -0.15) is 11.3 Å². The van der Waals surface area contributed by atoms with E-state index in [4.69, 9.17) is 4.84 Å². The molecule has 5 heteroatoms. The summed E-state index contributed by atoms with van der Waals surface area (Å²) in [6, 6.07) is 2.01. The molecule has 0 aromatic carbocycles. The summed E-state index contributed by atoms with van der Waals surface area (Å²) < 4.78 is 0. The second-order valence-corrected chi connectivity index (χ2v) is 4.96. The second-order valence-electron chi connectivity index (χ2n) is 4.18. The monoisotopic (exact) mass is 236 g/mol. The van der Waals surface area contributed by atoms with Gasteiger partial charge in [-0.1, -0.05) is 5.16 Å². The maximum atomic E-state index is 11.5. The van der Waals surface area contributed by atoms with E-state index < -0.39 is 0 Å². The van der Waals surface area contributed by atoms with E-state index in [0.29, 0.717) is 13.2 Å². The third-order valence-electron chi connectivity index (χ3n) is 2.99. The third-order valence-corrected chi connectivity index (χ3v) is 3.72. The van der Waals surface area contributed by atoms with E-state index in [1.165, 1.54) is 0 Å². The molecule has 2 atom stereocenters. The number of rotatable bonds is 3. The Morgan fingerprint density at radius 2 is 2.50 bits per heavy atom. The summed E-state index contributed by atoms with van der Waals surface area (Å²) in [6.45, 7) is 2.71. The molecule has 0 amide bonds. The van der Waals surface area contributed by atoms with Gasteiger partial charge in [0, 0.05) is 18.7 Å². The van der Waals surface area contributed by atoms with Gasteiger partial charge in [-0.05, 0) is 16.8 Å². The number of piperidine rings is 1. The summed E-state index contributed by atoms with van der Waals surface area (Å²) >= 11 is 1.64. The zero-order chi connectivity index (χ0) is 11.0. The zero-order valence-electron chi connectivity index (χ0n) is 8.76. The SMILES string of the molecule is O=C1CN2CC(=NOCc3ccsc3)C1C2. The molecule has 2 fully saturated rings. The zero-order valence-corrected chi connectivity index (χ0v) is 9.57. The van der Waals surface area contributed by atoms with Crippen molar-refractivity contribution in [3.05, 3.63) is 22.4 Å². The van der Waals surface area contributed by atoms with Crippen LogP contribution in [0, 0.1) is 5.92 Å². The van der Waals surface area contributed by atoms with Crippen LogP contribution in [0.3, 0.4) is 0 Å². The molecule has 1 aromatic heterocycles. The summed E-state index contributed by atoms with van der Waals surface area (Å²) in [5.41, 5.74) is 2.02. The average Bonchev–Trinajstić information content (AvgIpc) is 2.92. The Morgan fingerprint density at radius 3 is 3.19 bits per heavy atom. The van der Waals surface area contributed by atoms with Crippen molar-refractivity contribution in [3.8, 4) is 0 Å². The predicted octanol–water partition coefficient (Wildman–Crippen LogP) is 1.14. The van der Waals surface area contributed by atoms with E-state index in [2.05, 4.69) is 10.1 Å². The molecule has 0 aliphatic carbocycles. The molecule has 0 radical (unpaired) electrons. The van der Waals surface area contributed by atoms with Gasteiger partial charge in [0.1, 0.15) is 6.61 Å². The van der Waals surface area contributed by atoms with E-state index in [-0.39, 0.29) is 11.7 Å². The summed E-state index contributed by atoms with van der Waals surface area (Å²) in [7, 11) is 0. The molecule has 2 aliphatic rings. The lowest BCUT2D eigenvalue weighted by Gasteiger charge is -2.11. The van der Waals surface area contributed by atoms with Crippen LogP contribution in [0.1, 0.15) is 5.56 Å². The molecule has 0 N–H and O–H groups in total. The molecule has 2 unspecified atom stereocenters. The number of carbonyl (C=O) groups is 1. The minimum atomic E-state index is 0.00229. The molecule has 0 spiro atoms. The fourth-order valence-corrected chi connectivity index (χ4v) is 2.82. The third kappa shape index (κ3) is 1.76. The van der Waals surface area contributed by atoms with Crippen molar-refractivity contribution in [3.63, 3.8) is 0 Å². The molecule has 4 nitrogen and oxygen atoms in total. The molecule has 84 valence electrons. The highest BCUT2D eigenvalue weighted by Gasteiger charge is 2.42. The number of Topliss-reactive ketones (excluding diaryl/α,β-unsaturated/α-hetero) is 1. The first-order valence-corrected chi connectivity index (χ1v) is 6.22. The Hall–Kier alpha value is -1.20. The van der Waals surface area contributed by atoms with E-state index in [1.807, 2.05) is 16.8 Å². The average molecular weight is 236 g/mol. The van der Waals surface area contributed by atoms with Gasteiger partial charge < -0.3 is 4.84 Å². The molecule has 1 aromatic rings. The number of carbonyl (C=O) groups excluding carboxylic acids is 1. The maximum absolute atomic E-state index is 11.5. The van der Waals surface area contributed by atoms with Gasteiger partial charge in [0.15, 0.2) is 5.78 Å². The summed E-state index contributed by atoms with van der Waals surface area (Å²) in [4.78, 5) is 18.9. The van der Waals surface area contributed by atoms with Gasteiger partial charge in [0.2, 0.25) is 0 Å². The molecule has 3 rings (SSSR count). The number of hydrogen-bond acceptors (Lipinski definition) is 5. The molecule has 16 heavy (non-hydrogen) atoms. The first-order valence-electron chi connectivity index (χ1n) is 5.28. The number of ketones is 1. The van der Waals surface area contributed by atoms with Crippen molar-refractivity contribution < 1.29 is 9.63 Å². The highest BCUT2D eigenvalue weighted by atomic mass is 32.1. The fraction of sp³-hybridized carbons (Fsp3) is 0.455. The minimum absolute atomic E-state index is 0.00229. The van der Waals surface area contributed by atoms with Crippen LogP contribution in [-0.4, -0.2) is 36.0 Å². The topological polar surface area (TPSA) is 41.9 Å². The van der Waals surface area contributed by atoms with Crippen LogP contribution < -0.4 is 0 Å². The van der Waals surface area contributed by atoms with E-state index >= 15 is 0 Å². The lowest BCUT2D eigenvalue weighted by molar-refractivity contribution is -0.118. The Bertz CT molecular complexity index is 427. The Kier molecular flexibility index (Phi) is 2.49. The summed E-state index contributed by atoms with van der Waals surface area (Å²) in [6.07, 6.45) is 0. The van der Waals surface area contributed by atoms with Crippen LogP contribution in [0.2, 0.25) is 0 Å². The van der Waals surface area contributed by atoms with Crippen LogP contribution in [0.4, 0.5) is 0 Å². The number of oxime groups is 1. The van der Waals surface area contributed by atoms with Crippen molar-refractivity contribution in [1.29, 1.82) is 0 Å². The molecule has 2 saturated heterocycles. The highest BCUT2D eigenvalue weighted by molar-refractivity contribution is 7.07. The largest absolute Gasteiger partial charge is 0.391 e. The lowest BCUT2D eigenvalue weighted by Crippen LogP contribution is -2.31. The predicted molar refractivity (Wildman–Crippen MR) is 61.5 cm³/mol.